The summed E-state index contributed by atoms with van der Waals surface area (Å²) < 4.78 is 2.23. The molecule has 3 N–H and O–H groups in total. The Kier molecular flexibility index (Phi) is 8.30. The predicted molar refractivity (Wildman–Crippen MR) is 94.3 cm³/mol. The second-order valence-electron chi connectivity index (χ2n) is 6.26. The van der Waals surface area contributed by atoms with Crippen LogP contribution in [0.2, 0.25) is 0 Å². The molecule has 6 nitrogen and oxygen atoms in total. The summed E-state index contributed by atoms with van der Waals surface area (Å²) in [4.78, 5) is 4.29. The molecule has 1 aromatic rings. The van der Waals surface area contributed by atoms with Crippen molar-refractivity contribution in [3.63, 3.8) is 0 Å². The number of thioether (sulfide) groups is 1. The van der Waals surface area contributed by atoms with Crippen molar-refractivity contribution in [1.82, 2.24) is 20.1 Å². The molecule has 1 heterocycles. The summed E-state index contributed by atoms with van der Waals surface area (Å²) in [6.07, 6.45) is 3.89. The summed E-state index contributed by atoms with van der Waals surface area (Å²) >= 11 is 1.65. The van der Waals surface area contributed by atoms with Crippen LogP contribution in [-0.2, 0) is 13.0 Å². The molecule has 0 saturated carbocycles. The Morgan fingerprint density at radius 2 is 2.00 bits per heavy atom. The van der Waals surface area contributed by atoms with Gasteiger partial charge in [-0.25, -0.2) is 0 Å². The van der Waals surface area contributed by atoms with E-state index in [-0.39, 0.29) is 0 Å². The number of hydrogen-bond donors (Lipinski definition) is 2. The second-order valence-corrected chi connectivity index (χ2v) is 7.03. The molecule has 0 amide bonds. The Bertz CT molecular complexity index is 467. The van der Waals surface area contributed by atoms with Crippen LogP contribution in [0.1, 0.15) is 39.9 Å². The summed E-state index contributed by atoms with van der Waals surface area (Å²) in [7, 11) is 0. The van der Waals surface area contributed by atoms with Gasteiger partial charge in [0.2, 0.25) is 0 Å². The van der Waals surface area contributed by atoms with E-state index in [4.69, 9.17) is 5.73 Å². The zero-order valence-electron chi connectivity index (χ0n) is 14.5. The Morgan fingerprint density at radius 3 is 2.59 bits per heavy atom. The molecule has 0 aromatic carbocycles. The van der Waals surface area contributed by atoms with E-state index in [0.29, 0.717) is 17.8 Å². The van der Waals surface area contributed by atoms with Crippen molar-refractivity contribution in [2.45, 2.75) is 52.2 Å². The number of aryl methyl sites for hydroxylation is 1. The van der Waals surface area contributed by atoms with E-state index in [1.165, 1.54) is 0 Å². The third-order valence-corrected chi connectivity index (χ3v) is 3.70. The van der Waals surface area contributed by atoms with Gasteiger partial charge in [0.25, 0.3) is 0 Å². The third kappa shape index (κ3) is 6.68. The number of nitrogens with one attached hydrogen (secondary N) is 1. The molecular formula is C15H30N6S. The molecule has 7 heteroatoms. The van der Waals surface area contributed by atoms with Crippen molar-refractivity contribution in [3.05, 3.63) is 5.82 Å². The van der Waals surface area contributed by atoms with Crippen LogP contribution in [0.5, 0.6) is 0 Å². The molecule has 0 spiro atoms. The van der Waals surface area contributed by atoms with Gasteiger partial charge in [-0.3, -0.25) is 4.99 Å². The first kappa shape index (κ1) is 18.8. The molecule has 0 radical (unpaired) electrons. The van der Waals surface area contributed by atoms with Gasteiger partial charge < -0.3 is 15.6 Å². The fourth-order valence-corrected chi connectivity index (χ4v) is 2.53. The minimum Gasteiger partial charge on any atom is -0.370 e. The molecule has 1 rings (SSSR count). The number of aliphatic imine (C=N–C) groups is 1. The molecule has 0 saturated heterocycles. The quantitative estimate of drug-likeness (QED) is 0.314. The van der Waals surface area contributed by atoms with Crippen molar-refractivity contribution < 1.29 is 0 Å². The monoisotopic (exact) mass is 326 g/mol. The predicted octanol–water partition coefficient (Wildman–Crippen LogP) is 2.15. The minimum atomic E-state index is 0.528. The molecular weight excluding hydrogens is 296 g/mol. The summed E-state index contributed by atoms with van der Waals surface area (Å²) in [5.41, 5.74) is 5.83. The van der Waals surface area contributed by atoms with Gasteiger partial charge in [0.1, 0.15) is 5.82 Å². The maximum Gasteiger partial charge on any atom is 0.190 e. The molecule has 0 unspecified atom stereocenters. The van der Waals surface area contributed by atoms with Crippen LogP contribution in [-0.4, -0.2) is 40.1 Å². The number of guanidine groups is 1. The maximum atomic E-state index is 5.83. The molecule has 0 aliphatic heterocycles. The second kappa shape index (κ2) is 9.71. The van der Waals surface area contributed by atoms with Crippen molar-refractivity contribution in [2.75, 3.05) is 19.3 Å². The average Bonchev–Trinajstić information content (AvgIpc) is 2.82. The first-order valence-electron chi connectivity index (χ1n) is 7.93. The Morgan fingerprint density at radius 1 is 1.27 bits per heavy atom. The van der Waals surface area contributed by atoms with Gasteiger partial charge in [-0.2, -0.15) is 0 Å². The normalized spacial score (nSPS) is 12.4. The lowest BCUT2D eigenvalue weighted by atomic mass is 10.2. The van der Waals surface area contributed by atoms with Gasteiger partial charge in [0, 0.05) is 26.1 Å². The van der Waals surface area contributed by atoms with E-state index in [0.717, 1.165) is 43.5 Å². The lowest BCUT2D eigenvalue weighted by Crippen LogP contribution is -2.33. The molecule has 22 heavy (non-hydrogen) atoms. The lowest BCUT2D eigenvalue weighted by molar-refractivity contribution is 0.477. The first-order chi connectivity index (χ1) is 10.4. The summed E-state index contributed by atoms with van der Waals surface area (Å²) in [5, 5.41) is 12.7. The van der Waals surface area contributed by atoms with Gasteiger partial charge in [0.05, 0.1) is 0 Å². The smallest absolute Gasteiger partial charge is 0.190 e. The zero-order valence-corrected chi connectivity index (χ0v) is 15.3. The molecule has 126 valence electrons. The third-order valence-electron chi connectivity index (χ3n) is 3.03. The highest BCUT2D eigenvalue weighted by molar-refractivity contribution is 7.98. The first-order valence-corrected chi connectivity index (χ1v) is 9.16. The van der Waals surface area contributed by atoms with E-state index in [2.05, 4.69) is 52.8 Å². The van der Waals surface area contributed by atoms with Crippen LogP contribution >= 0.6 is 11.8 Å². The van der Waals surface area contributed by atoms with E-state index in [1.807, 2.05) is 6.26 Å². The van der Waals surface area contributed by atoms with Crippen LogP contribution in [0.3, 0.4) is 0 Å². The topological polar surface area (TPSA) is 81.1 Å². The molecule has 0 bridgehead atoms. The summed E-state index contributed by atoms with van der Waals surface area (Å²) in [6, 6.07) is 0. The summed E-state index contributed by atoms with van der Waals surface area (Å²) in [5.74, 6) is 2.69. The largest absolute Gasteiger partial charge is 0.370 e. The maximum absolute atomic E-state index is 5.83. The number of nitrogens with zero attached hydrogens (tertiary/aromatic N) is 4. The van der Waals surface area contributed by atoms with Crippen molar-refractivity contribution in [1.29, 1.82) is 0 Å². The number of aromatic nitrogens is 3. The average molecular weight is 327 g/mol. The van der Waals surface area contributed by atoms with E-state index >= 15 is 0 Å². The highest BCUT2D eigenvalue weighted by Crippen LogP contribution is 2.16. The van der Waals surface area contributed by atoms with E-state index < -0.39 is 0 Å². The highest BCUT2D eigenvalue weighted by atomic mass is 32.2. The van der Waals surface area contributed by atoms with Crippen LogP contribution in [0, 0.1) is 11.8 Å². The van der Waals surface area contributed by atoms with E-state index in [9.17, 15) is 0 Å². The molecule has 1 aromatic heterocycles. The Balaban J connectivity index is 2.45. The summed E-state index contributed by atoms with van der Waals surface area (Å²) in [6.45, 7) is 11.2. The molecule has 0 atom stereocenters. The van der Waals surface area contributed by atoms with Crippen LogP contribution in [0.15, 0.2) is 10.1 Å². The Labute approximate surface area is 138 Å². The van der Waals surface area contributed by atoms with Crippen LogP contribution in [0.25, 0.3) is 0 Å². The lowest BCUT2D eigenvalue weighted by Gasteiger charge is -2.12. The molecule has 0 aliphatic rings. The highest BCUT2D eigenvalue weighted by Gasteiger charge is 2.12. The molecule has 0 aliphatic carbocycles. The number of nitrogens with two attached hydrogens (primary N) is 1. The van der Waals surface area contributed by atoms with Crippen molar-refractivity contribution >= 4 is 17.7 Å². The van der Waals surface area contributed by atoms with Crippen molar-refractivity contribution in [2.24, 2.45) is 22.6 Å². The van der Waals surface area contributed by atoms with Crippen LogP contribution in [0.4, 0.5) is 0 Å². The number of hydrogen-bond acceptors (Lipinski definition) is 4. The van der Waals surface area contributed by atoms with Gasteiger partial charge in [-0.15, -0.1) is 10.2 Å². The fraction of sp³-hybridized carbons (Fsp3) is 0.800. The van der Waals surface area contributed by atoms with Gasteiger partial charge in [-0.1, -0.05) is 39.5 Å². The SMILES string of the molecule is CSc1nnc(CCCNC(N)=NCC(C)C)n1CC(C)C. The zero-order chi connectivity index (χ0) is 16.5. The van der Waals surface area contributed by atoms with Crippen LogP contribution < -0.4 is 11.1 Å². The Hall–Kier alpha value is -1.24. The standard InChI is InChI=1S/C15H30N6S/c1-11(2)9-18-14(16)17-8-6-7-13-19-20-15(22-5)21(13)10-12(3)4/h11-12H,6-10H2,1-5H3,(H3,16,17,18). The fourth-order valence-electron chi connectivity index (χ4n) is 2.00. The van der Waals surface area contributed by atoms with Crippen molar-refractivity contribution in [3.8, 4) is 0 Å². The van der Waals surface area contributed by atoms with E-state index in [1.54, 1.807) is 11.8 Å². The minimum absolute atomic E-state index is 0.528. The molecule has 0 fully saturated rings. The van der Waals surface area contributed by atoms with Gasteiger partial charge in [-0.05, 0) is 24.5 Å². The van der Waals surface area contributed by atoms with Gasteiger partial charge >= 0.3 is 0 Å². The number of rotatable bonds is 9. The van der Waals surface area contributed by atoms with Gasteiger partial charge in [0.15, 0.2) is 11.1 Å².